The number of aromatic nitrogens is 6. The number of halogens is 3. The first-order valence-electron chi connectivity index (χ1n) is 5.56. The summed E-state index contributed by atoms with van der Waals surface area (Å²) >= 11 is 9.00. The van der Waals surface area contributed by atoms with E-state index in [9.17, 15) is 4.39 Å². The topological polar surface area (TPSA) is 95.4 Å². The lowest BCUT2D eigenvalue weighted by Gasteiger charge is -2.07. The number of hydrogen-bond donors (Lipinski definition) is 1. The molecule has 0 fully saturated rings. The first-order chi connectivity index (χ1) is 10.1. The zero-order valence-electron chi connectivity index (χ0n) is 10.2. The molecule has 0 saturated carbocycles. The Balaban J connectivity index is 2.18. The molecule has 21 heavy (non-hydrogen) atoms. The lowest BCUT2D eigenvalue weighted by Crippen LogP contribution is -2.08. The summed E-state index contributed by atoms with van der Waals surface area (Å²) in [6.45, 7) is 0. The first-order valence-corrected chi connectivity index (χ1v) is 6.74. The lowest BCUT2D eigenvalue weighted by atomic mass is 10.2. The number of benzene rings is 1. The minimum atomic E-state index is -0.652. The molecule has 3 aromatic rings. The van der Waals surface area contributed by atoms with Crippen molar-refractivity contribution in [1.82, 2.24) is 29.7 Å². The third-order valence-corrected chi connectivity index (χ3v) is 3.80. The van der Waals surface area contributed by atoms with Gasteiger partial charge in [-0.3, -0.25) is 0 Å². The summed E-state index contributed by atoms with van der Waals surface area (Å²) in [5, 5.41) is 3.83. The fourth-order valence-electron chi connectivity index (χ4n) is 1.61. The van der Waals surface area contributed by atoms with Gasteiger partial charge in [-0.1, -0.05) is 11.6 Å². The van der Waals surface area contributed by atoms with Crippen LogP contribution in [0.15, 0.2) is 29.3 Å². The second-order valence-corrected chi connectivity index (χ2v) is 5.11. The minimum absolute atomic E-state index is 0.0555. The highest BCUT2D eigenvalue weighted by molar-refractivity contribution is 9.10. The average Bonchev–Trinajstić information content (AvgIpc) is 2.98. The van der Waals surface area contributed by atoms with Crippen LogP contribution in [0.2, 0.25) is 5.02 Å². The zero-order valence-corrected chi connectivity index (χ0v) is 12.5. The number of hydrogen-bond acceptors (Lipinski definition) is 6. The summed E-state index contributed by atoms with van der Waals surface area (Å²) in [6.07, 6.45) is 2.71. The Bertz CT molecular complexity index is 809. The van der Waals surface area contributed by atoms with E-state index in [1.165, 1.54) is 23.4 Å². The van der Waals surface area contributed by atoms with Gasteiger partial charge in [0, 0.05) is 4.47 Å². The fraction of sp³-hybridized carbons (Fsp3) is 0. The number of anilines is 1. The molecule has 7 nitrogen and oxygen atoms in total. The Morgan fingerprint density at radius 2 is 2.05 bits per heavy atom. The molecular formula is C11H6BrClFN7. The summed E-state index contributed by atoms with van der Waals surface area (Å²) in [5.41, 5.74) is 5.74. The first kappa shape index (κ1) is 13.8. The van der Waals surface area contributed by atoms with Gasteiger partial charge in [-0.15, -0.1) is 0 Å². The van der Waals surface area contributed by atoms with Crippen LogP contribution in [0.3, 0.4) is 0 Å². The van der Waals surface area contributed by atoms with E-state index in [1.807, 2.05) is 0 Å². The normalized spacial score (nSPS) is 10.8. The van der Waals surface area contributed by atoms with E-state index < -0.39 is 5.82 Å². The van der Waals surface area contributed by atoms with Gasteiger partial charge in [0.1, 0.15) is 12.7 Å². The molecule has 0 aliphatic heterocycles. The van der Waals surface area contributed by atoms with Gasteiger partial charge in [0.05, 0.1) is 10.6 Å². The van der Waals surface area contributed by atoms with Crippen LogP contribution in [0.4, 0.5) is 10.3 Å². The minimum Gasteiger partial charge on any atom is -0.368 e. The van der Waals surface area contributed by atoms with Crippen molar-refractivity contribution in [2.24, 2.45) is 0 Å². The van der Waals surface area contributed by atoms with Gasteiger partial charge in [0.25, 0.3) is 5.95 Å². The highest BCUT2D eigenvalue weighted by Crippen LogP contribution is 2.31. The van der Waals surface area contributed by atoms with E-state index in [-0.39, 0.29) is 28.3 Å². The van der Waals surface area contributed by atoms with Crippen molar-refractivity contribution in [2.45, 2.75) is 0 Å². The molecule has 0 saturated heterocycles. The molecule has 2 N–H and O–H groups in total. The van der Waals surface area contributed by atoms with E-state index in [2.05, 4.69) is 41.0 Å². The molecule has 0 spiro atoms. The van der Waals surface area contributed by atoms with E-state index in [0.29, 0.717) is 4.47 Å². The molecule has 3 rings (SSSR count). The van der Waals surface area contributed by atoms with Gasteiger partial charge in [0.2, 0.25) is 5.95 Å². The summed E-state index contributed by atoms with van der Waals surface area (Å²) in [4.78, 5) is 15.8. The SMILES string of the molecule is Nc1nc(-c2ccc(Br)c(Cl)c2F)nc(-n2cncn2)n1. The fourth-order valence-corrected chi connectivity index (χ4v) is 2.08. The summed E-state index contributed by atoms with van der Waals surface area (Å²) in [6, 6.07) is 3.08. The second-order valence-electron chi connectivity index (χ2n) is 3.88. The lowest BCUT2D eigenvalue weighted by molar-refractivity contribution is 0.629. The Kier molecular flexibility index (Phi) is 3.52. The Morgan fingerprint density at radius 1 is 1.24 bits per heavy atom. The van der Waals surface area contributed by atoms with Crippen molar-refractivity contribution in [1.29, 1.82) is 0 Å². The van der Waals surface area contributed by atoms with Crippen molar-refractivity contribution < 1.29 is 4.39 Å². The van der Waals surface area contributed by atoms with Crippen molar-refractivity contribution >= 4 is 33.5 Å². The third kappa shape index (κ3) is 2.57. The predicted molar refractivity (Wildman–Crippen MR) is 77.3 cm³/mol. The number of nitrogens with two attached hydrogens (primary N) is 1. The summed E-state index contributed by atoms with van der Waals surface area (Å²) in [5.74, 6) is -0.529. The molecule has 10 heteroatoms. The molecule has 0 radical (unpaired) electrons. The van der Waals surface area contributed by atoms with Gasteiger partial charge in [-0.25, -0.2) is 9.37 Å². The van der Waals surface area contributed by atoms with Crippen LogP contribution in [0.5, 0.6) is 0 Å². The van der Waals surface area contributed by atoms with Crippen molar-refractivity contribution in [3.8, 4) is 17.3 Å². The van der Waals surface area contributed by atoms with Crippen LogP contribution in [0.25, 0.3) is 17.3 Å². The van der Waals surface area contributed by atoms with Gasteiger partial charge in [-0.05, 0) is 28.1 Å². The maximum atomic E-state index is 14.2. The van der Waals surface area contributed by atoms with E-state index in [4.69, 9.17) is 17.3 Å². The van der Waals surface area contributed by atoms with Crippen LogP contribution in [0.1, 0.15) is 0 Å². The summed E-state index contributed by atoms with van der Waals surface area (Å²) in [7, 11) is 0. The van der Waals surface area contributed by atoms with Gasteiger partial charge in [0.15, 0.2) is 11.6 Å². The van der Waals surface area contributed by atoms with Crippen molar-refractivity contribution in [3.05, 3.63) is 40.1 Å². The van der Waals surface area contributed by atoms with E-state index in [0.717, 1.165) is 0 Å². The van der Waals surface area contributed by atoms with Crippen LogP contribution in [-0.4, -0.2) is 29.7 Å². The maximum absolute atomic E-state index is 14.2. The van der Waals surface area contributed by atoms with Crippen LogP contribution in [-0.2, 0) is 0 Å². The Hall–Kier alpha value is -2.13. The molecule has 0 amide bonds. The standard InChI is InChI=1S/C11H6BrClFN7/c12-6-2-1-5(8(14)7(6)13)9-18-10(15)20-11(19-9)21-4-16-3-17-21/h1-4H,(H2,15,18,19,20). The van der Waals surface area contributed by atoms with Gasteiger partial charge in [-0.2, -0.15) is 24.7 Å². The van der Waals surface area contributed by atoms with E-state index in [1.54, 1.807) is 6.07 Å². The van der Waals surface area contributed by atoms with Crippen molar-refractivity contribution in [2.75, 3.05) is 5.73 Å². The van der Waals surface area contributed by atoms with E-state index >= 15 is 0 Å². The van der Waals surface area contributed by atoms with Crippen LogP contribution >= 0.6 is 27.5 Å². The largest absolute Gasteiger partial charge is 0.368 e. The molecule has 0 unspecified atom stereocenters. The maximum Gasteiger partial charge on any atom is 0.257 e. The second kappa shape index (κ2) is 5.34. The number of nitrogens with zero attached hydrogens (tertiary/aromatic N) is 6. The van der Waals surface area contributed by atoms with Crippen LogP contribution in [0, 0.1) is 5.82 Å². The molecule has 0 aliphatic rings. The monoisotopic (exact) mass is 369 g/mol. The molecule has 2 heterocycles. The zero-order chi connectivity index (χ0) is 15.0. The molecule has 1 aromatic carbocycles. The molecule has 0 atom stereocenters. The van der Waals surface area contributed by atoms with Crippen LogP contribution < -0.4 is 5.73 Å². The number of rotatable bonds is 2. The molecule has 106 valence electrons. The molecule has 2 aromatic heterocycles. The van der Waals surface area contributed by atoms with Crippen molar-refractivity contribution in [3.63, 3.8) is 0 Å². The quantitative estimate of drug-likeness (QED) is 0.695. The highest BCUT2D eigenvalue weighted by atomic mass is 79.9. The summed E-state index contributed by atoms with van der Waals surface area (Å²) < 4.78 is 15.9. The average molecular weight is 371 g/mol. The molecule has 0 aliphatic carbocycles. The third-order valence-electron chi connectivity index (χ3n) is 2.54. The smallest absolute Gasteiger partial charge is 0.257 e. The molecular weight excluding hydrogens is 365 g/mol. The van der Waals surface area contributed by atoms with Gasteiger partial charge < -0.3 is 5.73 Å². The molecule has 0 bridgehead atoms. The van der Waals surface area contributed by atoms with Gasteiger partial charge >= 0.3 is 0 Å². The Labute approximate surface area is 131 Å². The number of nitrogen functional groups attached to an aromatic ring is 1. The highest BCUT2D eigenvalue weighted by Gasteiger charge is 2.16. The Morgan fingerprint density at radius 3 is 2.76 bits per heavy atom. The predicted octanol–water partition coefficient (Wildman–Crippen LogP) is 2.26.